The van der Waals surface area contributed by atoms with Crippen molar-refractivity contribution >= 4 is 0 Å². The van der Waals surface area contributed by atoms with E-state index in [0.717, 1.165) is 56.2 Å². The Morgan fingerprint density at radius 2 is 1.97 bits per heavy atom. The molecule has 1 aromatic carbocycles. The zero-order valence-electron chi connectivity index (χ0n) is 18.8. The highest BCUT2D eigenvalue weighted by Crippen LogP contribution is 2.27. The first kappa shape index (κ1) is 21.7. The standard InChI is InChI=1S/C25H33N5O/c1-18-7-8-19(2)24(13-18)25-21(14-26-28-25)15-29-10-11-30(23(17-29)9-12-31)16-22-6-4-5-20(3)27-22/h4-8,13-14,23,31H,9-12,15-17H2,1-3H3,(H,26,28)/t23-/m0/s1. The summed E-state index contributed by atoms with van der Waals surface area (Å²) < 4.78 is 0. The Morgan fingerprint density at radius 1 is 1.10 bits per heavy atom. The van der Waals surface area contributed by atoms with E-state index in [-0.39, 0.29) is 6.61 Å². The van der Waals surface area contributed by atoms with Crippen LogP contribution in [0.3, 0.4) is 0 Å². The highest BCUT2D eigenvalue weighted by molar-refractivity contribution is 5.67. The van der Waals surface area contributed by atoms with Gasteiger partial charge in [0.2, 0.25) is 0 Å². The Hall–Kier alpha value is -2.54. The Morgan fingerprint density at radius 3 is 2.77 bits per heavy atom. The minimum Gasteiger partial charge on any atom is -0.396 e. The molecule has 1 aliphatic heterocycles. The highest BCUT2D eigenvalue weighted by Gasteiger charge is 2.27. The van der Waals surface area contributed by atoms with Crippen molar-refractivity contribution in [2.24, 2.45) is 0 Å². The van der Waals surface area contributed by atoms with Crippen LogP contribution in [-0.2, 0) is 13.1 Å². The molecule has 2 aromatic heterocycles. The van der Waals surface area contributed by atoms with Crippen molar-refractivity contribution in [1.82, 2.24) is 25.0 Å². The van der Waals surface area contributed by atoms with Crippen molar-refractivity contribution in [2.75, 3.05) is 26.2 Å². The van der Waals surface area contributed by atoms with Gasteiger partial charge < -0.3 is 5.11 Å². The number of hydrogen-bond acceptors (Lipinski definition) is 5. The molecular weight excluding hydrogens is 386 g/mol. The van der Waals surface area contributed by atoms with E-state index in [1.54, 1.807) is 0 Å². The quantitative estimate of drug-likeness (QED) is 0.614. The molecule has 0 unspecified atom stereocenters. The van der Waals surface area contributed by atoms with Gasteiger partial charge in [0.1, 0.15) is 0 Å². The third kappa shape index (κ3) is 5.21. The van der Waals surface area contributed by atoms with E-state index in [1.807, 2.05) is 19.2 Å². The smallest absolute Gasteiger partial charge is 0.0698 e. The molecule has 1 fully saturated rings. The Balaban J connectivity index is 1.47. The van der Waals surface area contributed by atoms with Crippen LogP contribution in [0.2, 0.25) is 0 Å². The lowest BCUT2D eigenvalue weighted by atomic mass is 10.00. The Labute approximate surface area is 184 Å². The highest BCUT2D eigenvalue weighted by atomic mass is 16.3. The molecule has 0 aliphatic carbocycles. The lowest BCUT2D eigenvalue weighted by molar-refractivity contribution is 0.0492. The molecule has 4 rings (SSSR count). The van der Waals surface area contributed by atoms with Gasteiger partial charge in [0.05, 0.1) is 17.6 Å². The van der Waals surface area contributed by atoms with Gasteiger partial charge in [-0.2, -0.15) is 5.10 Å². The van der Waals surface area contributed by atoms with Crippen molar-refractivity contribution < 1.29 is 5.11 Å². The summed E-state index contributed by atoms with van der Waals surface area (Å²) in [5.74, 6) is 0. The average Bonchev–Trinajstić information content (AvgIpc) is 3.20. The van der Waals surface area contributed by atoms with Gasteiger partial charge in [0, 0.05) is 62.2 Å². The second-order valence-electron chi connectivity index (χ2n) is 8.73. The maximum atomic E-state index is 9.66. The number of aromatic amines is 1. The lowest BCUT2D eigenvalue weighted by Crippen LogP contribution is -2.52. The van der Waals surface area contributed by atoms with Crippen LogP contribution < -0.4 is 0 Å². The summed E-state index contributed by atoms with van der Waals surface area (Å²) in [6, 6.07) is 13.1. The average molecular weight is 420 g/mol. The molecule has 3 heterocycles. The third-order valence-electron chi connectivity index (χ3n) is 6.24. The van der Waals surface area contributed by atoms with E-state index in [9.17, 15) is 5.11 Å². The van der Waals surface area contributed by atoms with Gasteiger partial charge in [-0.05, 0) is 51.0 Å². The zero-order valence-corrected chi connectivity index (χ0v) is 18.8. The van der Waals surface area contributed by atoms with E-state index in [1.165, 1.54) is 22.3 Å². The lowest BCUT2D eigenvalue weighted by Gasteiger charge is -2.41. The van der Waals surface area contributed by atoms with Crippen LogP contribution in [0.1, 0.15) is 34.5 Å². The first-order valence-corrected chi connectivity index (χ1v) is 11.1. The summed E-state index contributed by atoms with van der Waals surface area (Å²) >= 11 is 0. The second-order valence-corrected chi connectivity index (χ2v) is 8.73. The predicted molar refractivity (Wildman–Crippen MR) is 124 cm³/mol. The van der Waals surface area contributed by atoms with E-state index in [4.69, 9.17) is 0 Å². The molecule has 0 radical (unpaired) electrons. The number of rotatable bonds is 7. The number of aliphatic hydroxyl groups is 1. The SMILES string of the molecule is Cc1ccc(C)c(-c2[nH]ncc2CN2CCN(Cc3cccc(C)n3)[C@@H](CCO)C2)c1. The van der Waals surface area contributed by atoms with Crippen LogP contribution in [0.5, 0.6) is 0 Å². The van der Waals surface area contributed by atoms with Crippen LogP contribution in [0.4, 0.5) is 0 Å². The normalized spacial score (nSPS) is 17.9. The summed E-state index contributed by atoms with van der Waals surface area (Å²) in [6.45, 7) is 11.1. The van der Waals surface area contributed by atoms with Gasteiger partial charge in [-0.3, -0.25) is 19.9 Å². The molecule has 0 spiro atoms. The van der Waals surface area contributed by atoms with Gasteiger partial charge in [-0.25, -0.2) is 0 Å². The van der Waals surface area contributed by atoms with Crippen LogP contribution in [0, 0.1) is 20.8 Å². The number of aryl methyl sites for hydroxylation is 3. The predicted octanol–water partition coefficient (Wildman–Crippen LogP) is 3.47. The summed E-state index contributed by atoms with van der Waals surface area (Å²) in [5, 5.41) is 17.2. The maximum Gasteiger partial charge on any atom is 0.0698 e. The van der Waals surface area contributed by atoms with Crippen molar-refractivity contribution in [3.8, 4) is 11.3 Å². The first-order valence-electron chi connectivity index (χ1n) is 11.1. The van der Waals surface area contributed by atoms with E-state index >= 15 is 0 Å². The van der Waals surface area contributed by atoms with Crippen molar-refractivity contribution in [2.45, 2.75) is 46.3 Å². The second kappa shape index (κ2) is 9.73. The minimum absolute atomic E-state index is 0.204. The fourth-order valence-electron chi connectivity index (χ4n) is 4.54. The minimum atomic E-state index is 0.204. The molecule has 31 heavy (non-hydrogen) atoms. The molecule has 6 nitrogen and oxygen atoms in total. The number of aliphatic hydroxyl groups excluding tert-OH is 1. The largest absolute Gasteiger partial charge is 0.396 e. The molecule has 0 saturated carbocycles. The van der Waals surface area contributed by atoms with Crippen molar-refractivity contribution in [1.29, 1.82) is 0 Å². The van der Waals surface area contributed by atoms with Crippen LogP contribution in [0.25, 0.3) is 11.3 Å². The Bertz CT molecular complexity index is 1010. The zero-order chi connectivity index (χ0) is 21.8. The molecular formula is C25H33N5O. The number of benzene rings is 1. The topological polar surface area (TPSA) is 68.3 Å². The van der Waals surface area contributed by atoms with Crippen LogP contribution in [0.15, 0.2) is 42.6 Å². The molecule has 0 amide bonds. The molecule has 164 valence electrons. The van der Waals surface area contributed by atoms with Gasteiger partial charge in [-0.1, -0.05) is 23.8 Å². The fourth-order valence-corrected chi connectivity index (χ4v) is 4.54. The van der Waals surface area contributed by atoms with Gasteiger partial charge in [-0.15, -0.1) is 0 Å². The molecule has 3 aromatic rings. The number of piperazine rings is 1. The maximum absolute atomic E-state index is 9.66. The van der Waals surface area contributed by atoms with Crippen molar-refractivity contribution in [3.05, 3.63) is 70.7 Å². The fraction of sp³-hybridized carbons (Fsp3) is 0.440. The number of nitrogens with zero attached hydrogens (tertiary/aromatic N) is 4. The van der Waals surface area contributed by atoms with Crippen LogP contribution in [-0.4, -0.2) is 62.4 Å². The molecule has 1 atom stereocenters. The number of aromatic nitrogens is 3. The van der Waals surface area contributed by atoms with E-state index < -0.39 is 0 Å². The summed E-state index contributed by atoms with van der Waals surface area (Å²) in [6.07, 6.45) is 2.73. The van der Waals surface area contributed by atoms with Crippen LogP contribution >= 0.6 is 0 Å². The monoisotopic (exact) mass is 419 g/mol. The number of pyridine rings is 1. The Kier molecular flexibility index (Phi) is 6.80. The molecule has 6 heteroatoms. The van der Waals surface area contributed by atoms with Crippen molar-refractivity contribution in [3.63, 3.8) is 0 Å². The summed E-state index contributed by atoms with van der Waals surface area (Å²) in [7, 11) is 0. The van der Waals surface area contributed by atoms with Gasteiger partial charge in [0.25, 0.3) is 0 Å². The van der Waals surface area contributed by atoms with E-state index in [0.29, 0.717) is 6.04 Å². The summed E-state index contributed by atoms with van der Waals surface area (Å²) in [4.78, 5) is 9.63. The first-order chi connectivity index (χ1) is 15.0. The summed E-state index contributed by atoms with van der Waals surface area (Å²) in [5.41, 5.74) is 8.23. The van der Waals surface area contributed by atoms with E-state index in [2.05, 4.69) is 69.2 Å². The number of H-pyrrole nitrogens is 1. The molecule has 1 saturated heterocycles. The molecule has 2 N–H and O–H groups in total. The molecule has 1 aliphatic rings. The number of hydrogen-bond donors (Lipinski definition) is 2. The van der Waals surface area contributed by atoms with Gasteiger partial charge >= 0.3 is 0 Å². The number of nitrogens with one attached hydrogen (secondary N) is 1. The van der Waals surface area contributed by atoms with Gasteiger partial charge in [0.15, 0.2) is 0 Å². The third-order valence-corrected chi connectivity index (χ3v) is 6.24. The molecule has 0 bridgehead atoms.